The number of benzene rings is 1. The Hall–Kier alpha value is -1.70. The largest absolute Gasteiger partial charge is 0.350 e. The quantitative estimate of drug-likeness (QED) is 0.799. The zero-order valence-electron chi connectivity index (χ0n) is 15.7. The molecule has 1 N–H and O–H groups in total. The fourth-order valence-electron chi connectivity index (χ4n) is 3.38. The summed E-state index contributed by atoms with van der Waals surface area (Å²) in [4.78, 5) is 16.5. The molecule has 0 unspecified atom stereocenters. The molecule has 0 spiro atoms. The lowest BCUT2D eigenvalue weighted by Crippen LogP contribution is -2.41. The Kier molecular flexibility index (Phi) is 6.34. The van der Waals surface area contributed by atoms with Crippen LogP contribution in [0.3, 0.4) is 0 Å². The number of hydrogen-bond acceptors (Lipinski definition) is 5. The summed E-state index contributed by atoms with van der Waals surface area (Å²) >= 11 is 1.72. The second kappa shape index (κ2) is 8.54. The van der Waals surface area contributed by atoms with Crippen molar-refractivity contribution in [1.82, 2.24) is 10.2 Å². The Morgan fingerprint density at radius 3 is 2.44 bits per heavy atom. The van der Waals surface area contributed by atoms with E-state index in [0.717, 1.165) is 25.3 Å². The fraction of sp³-hybridized carbons (Fsp3) is 0.450. The van der Waals surface area contributed by atoms with Gasteiger partial charge in [-0.3, -0.25) is 9.69 Å². The highest BCUT2D eigenvalue weighted by molar-refractivity contribution is 7.90. The molecule has 7 heteroatoms. The lowest BCUT2D eigenvalue weighted by atomic mass is 9.97. The van der Waals surface area contributed by atoms with Crippen LogP contribution < -0.4 is 5.32 Å². The third-order valence-electron chi connectivity index (χ3n) is 5.13. The van der Waals surface area contributed by atoms with Gasteiger partial charge in [-0.15, -0.1) is 11.3 Å². The van der Waals surface area contributed by atoms with E-state index in [1.165, 1.54) is 29.9 Å². The van der Waals surface area contributed by atoms with Crippen molar-refractivity contribution in [2.75, 3.05) is 25.9 Å². The van der Waals surface area contributed by atoms with E-state index in [1.807, 2.05) is 6.07 Å². The molecule has 3 rings (SSSR count). The number of carbonyl (C=O) groups excluding carboxylic acids is 1. The number of carbonyl (C=O) groups is 1. The van der Waals surface area contributed by atoms with Crippen molar-refractivity contribution in [2.45, 2.75) is 30.7 Å². The molecule has 0 saturated carbocycles. The van der Waals surface area contributed by atoms with Crippen LogP contribution in [0.15, 0.2) is 46.7 Å². The van der Waals surface area contributed by atoms with Crippen LogP contribution in [-0.2, 0) is 9.84 Å². The molecule has 0 bridgehead atoms. The fourth-order valence-corrected chi connectivity index (χ4v) is 4.87. The van der Waals surface area contributed by atoms with E-state index in [2.05, 4.69) is 28.6 Å². The van der Waals surface area contributed by atoms with Gasteiger partial charge in [0.1, 0.15) is 0 Å². The van der Waals surface area contributed by atoms with Gasteiger partial charge >= 0.3 is 0 Å². The second-order valence-corrected chi connectivity index (χ2v) is 10.3. The Morgan fingerprint density at radius 2 is 1.89 bits per heavy atom. The molecule has 1 fully saturated rings. The summed E-state index contributed by atoms with van der Waals surface area (Å²) in [6, 6.07) is 10.4. The topological polar surface area (TPSA) is 66.5 Å². The predicted molar refractivity (Wildman–Crippen MR) is 109 cm³/mol. The molecule has 2 aromatic rings. The Bertz CT molecular complexity index is 853. The molecular weight excluding hydrogens is 380 g/mol. The smallest absolute Gasteiger partial charge is 0.251 e. The van der Waals surface area contributed by atoms with Gasteiger partial charge in [-0.2, -0.15) is 0 Å². The van der Waals surface area contributed by atoms with Gasteiger partial charge in [0.2, 0.25) is 0 Å². The number of likely N-dealkylation sites (tertiary alicyclic amines) is 1. The van der Waals surface area contributed by atoms with Crippen LogP contribution in [0.25, 0.3) is 0 Å². The molecule has 5 nitrogen and oxygen atoms in total. The van der Waals surface area contributed by atoms with E-state index in [4.69, 9.17) is 0 Å². The molecule has 146 valence electrons. The molecule has 1 saturated heterocycles. The normalized spacial score (nSPS) is 17.6. The van der Waals surface area contributed by atoms with Gasteiger partial charge in [-0.05, 0) is 67.6 Å². The Balaban J connectivity index is 1.67. The van der Waals surface area contributed by atoms with Crippen molar-refractivity contribution in [1.29, 1.82) is 0 Å². The van der Waals surface area contributed by atoms with Gasteiger partial charge in [0.15, 0.2) is 9.84 Å². The van der Waals surface area contributed by atoms with Gasteiger partial charge < -0.3 is 5.32 Å². The summed E-state index contributed by atoms with van der Waals surface area (Å²) in [5.74, 6) is 0.579. The molecule has 1 atom stereocenters. The highest BCUT2D eigenvalue weighted by Crippen LogP contribution is 2.29. The number of hydrogen-bond donors (Lipinski definition) is 1. The highest BCUT2D eigenvalue weighted by atomic mass is 32.2. The average molecular weight is 407 g/mol. The van der Waals surface area contributed by atoms with E-state index < -0.39 is 9.84 Å². The first kappa shape index (κ1) is 20.0. The van der Waals surface area contributed by atoms with Crippen LogP contribution in [0.4, 0.5) is 0 Å². The van der Waals surface area contributed by atoms with Gasteiger partial charge in [0, 0.05) is 23.2 Å². The monoisotopic (exact) mass is 406 g/mol. The maximum atomic E-state index is 12.5. The van der Waals surface area contributed by atoms with Crippen molar-refractivity contribution >= 4 is 27.1 Å². The molecule has 1 aliphatic rings. The molecule has 1 aromatic heterocycles. The van der Waals surface area contributed by atoms with E-state index in [9.17, 15) is 13.2 Å². The maximum absolute atomic E-state index is 12.5. The summed E-state index contributed by atoms with van der Waals surface area (Å²) < 4.78 is 23.1. The second-order valence-electron chi connectivity index (χ2n) is 7.26. The average Bonchev–Trinajstić information content (AvgIpc) is 3.17. The summed E-state index contributed by atoms with van der Waals surface area (Å²) in [7, 11) is -3.26. The number of rotatable bonds is 6. The van der Waals surface area contributed by atoms with E-state index in [1.54, 1.807) is 23.5 Å². The molecule has 0 radical (unpaired) electrons. The van der Waals surface area contributed by atoms with Crippen molar-refractivity contribution in [2.24, 2.45) is 5.92 Å². The first-order valence-electron chi connectivity index (χ1n) is 9.20. The Morgan fingerprint density at radius 1 is 1.22 bits per heavy atom. The standard InChI is InChI=1S/C20H26N2O3S2/c1-15-9-11-22(12-10-15)18(19-4-3-13-26-19)14-21-20(23)16-5-7-17(8-6-16)27(2,24)25/h3-8,13,15,18H,9-12,14H2,1-2H3,(H,21,23)/t18-/m1/s1. The van der Waals surface area contributed by atoms with Crippen LogP contribution in [0.2, 0.25) is 0 Å². The summed E-state index contributed by atoms with van der Waals surface area (Å²) in [6.07, 6.45) is 3.53. The lowest BCUT2D eigenvalue weighted by molar-refractivity contribution is 0.0915. The Labute approximate surface area is 165 Å². The van der Waals surface area contributed by atoms with Crippen LogP contribution in [0, 0.1) is 5.92 Å². The minimum absolute atomic E-state index is 0.178. The van der Waals surface area contributed by atoms with Gasteiger partial charge in [0.05, 0.1) is 10.9 Å². The molecule has 1 amide bonds. The van der Waals surface area contributed by atoms with E-state index in [-0.39, 0.29) is 16.8 Å². The SMILES string of the molecule is CC1CCN([C@H](CNC(=O)c2ccc(S(C)(=O)=O)cc2)c2cccs2)CC1. The molecule has 0 aliphatic carbocycles. The van der Waals surface area contributed by atoms with Gasteiger partial charge in [-0.1, -0.05) is 13.0 Å². The first-order valence-corrected chi connectivity index (χ1v) is 12.0. The number of nitrogens with one attached hydrogen (secondary N) is 1. The minimum Gasteiger partial charge on any atom is -0.350 e. The zero-order chi connectivity index (χ0) is 19.4. The van der Waals surface area contributed by atoms with E-state index >= 15 is 0 Å². The zero-order valence-corrected chi connectivity index (χ0v) is 17.4. The molecular formula is C20H26N2O3S2. The summed E-state index contributed by atoms with van der Waals surface area (Å²) in [5, 5.41) is 5.10. The maximum Gasteiger partial charge on any atom is 0.251 e. The summed E-state index contributed by atoms with van der Waals surface area (Å²) in [6.45, 7) is 4.92. The number of nitrogens with zero attached hydrogens (tertiary/aromatic N) is 1. The van der Waals surface area contributed by atoms with Crippen LogP contribution in [0.1, 0.15) is 41.0 Å². The van der Waals surface area contributed by atoms with E-state index in [0.29, 0.717) is 12.1 Å². The number of piperidine rings is 1. The molecule has 1 aromatic carbocycles. The third-order valence-corrected chi connectivity index (χ3v) is 7.23. The predicted octanol–water partition coefficient (Wildman–Crippen LogP) is 3.35. The van der Waals surface area contributed by atoms with Crippen molar-refractivity contribution in [3.8, 4) is 0 Å². The number of thiophene rings is 1. The van der Waals surface area contributed by atoms with Crippen molar-refractivity contribution < 1.29 is 13.2 Å². The van der Waals surface area contributed by atoms with Crippen LogP contribution >= 0.6 is 11.3 Å². The van der Waals surface area contributed by atoms with Crippen molar-refractivity contribution in [3.63, 3.8) is 0 Å². The molecule has 1 aliphatic heterocycles. The van der Waals surface area contributed by atoms with Gasteiger partial charge in [-0.25, -0.2) is 8.42 Å². The minimum atomic E-state index is -3.26. The summed E-state index contributed by atoms with van der Waals surface area (Å²) in [5.41, 5.74) is 0.472. The third kappa shape index (κ3) is 5.18. The van der Waals surface area contributed by atoms with Gasteiger partial charge in [0.25, 0.3) is 5.91 Å². The van der Waals surface area contributed by atoms with Crippen molar-refractivity contribution in [3.05, 3.63) is 52.2 Å². The van der Waals surface area contributed by atoms with Crippen LogP contribution in [-0.4, -0.2) is 45.1 Å². The van der Waals surface area contributed by atoms with Crippen LogP contribution in [0.5, 0.6) is 0 Å². The number of amides is 1. The number of sulfone groups is 1. The first-order chi connectivity index (χ1) is 12.8. The highest BCUT2D eigenvalue weighted by Gasteiger charge is 2.25. The molecule has 2 heterocycles. The molecule has 27 heavy (non-hydrogen) atoms. The lowest BCUT2D eigenvalue weighted by Gasteiger charge is -2.36.